The number of pyridine rings is 1. The van der Waals surface area contributed by atoms with E-state index in [-0.39, 0.29) is 11.3 Å². The first-order valence-corrected chi connectivity index (χ1v) is 12.2. The van der Waals surface area contributed by atoms with Gasteiger partial charge in [0, 0.05) is 22.5 Å². The molecule has 12 heteroatoms. The highest BCUT2D eigenvalue weighted by Crippen LogP contribution is 2.38. The smallest absolute Gasteiger partial charge is 0.337 e. The summed E-state index contributed by atoms with van der Waals surface area (Å²) in [6.07, 6.45) is -5.18. The molecule has 0 saturated carbocycles. The monoisotopic (exact) mass is 540 g/mol. The number of aliphatic hydroxyl groups excluding tert-OH is 4. The van der Waals surface area contributed by atoms with Crippen molar-refractivity contribution in [1.82, 2.24) is 9.97 Å². The molecule has 12 nitrogen and oxygen atoms in total. The SMILES string of the molecule is C=C[C@H]1[C@H](O[C@@H]2O[C@H](CO)[C@@H](O)[C@H](O)[C@H]2O)OC=C(C(=O)OC)[C@H]1C(=O)c1nccc2c1[nH]c1ccccc12. The fourth-order valence-electron chi connectivity index (χ4n) is 5.07. The molecule has 0 bridgehead atoms. The maximum Gasteiger partial charge on any atom is 0.337 e. The van der Waals surface area contributed by atoms with Crippen LogP contribution in [0.4, 0.5) is 0 Å². The Morgan fingerprint density at radius 3 is 2.59 bits per heavy atom. The quantitative estimate of drug-likeness (QED) is 0.160. The van der Waals surface area contributed by atoms with Crippen LogP contribution in [0.5, 0.6) is 0 Å². The number of esters is 1. The third kappa shape index (κ3) is 4.61. The second-order valence-electron chi connectivity index (χ2n) is 9.31. The van der Waals surface area contributed by atoms with Crippen LogP contribution in [0, 0.1) is 11.8 Å². The second kappa shape index (κ2) is 10.8. The molecule has 1 fully saturated rings. The summed E-state index contributed by atoms with van der Waals surface area (Å²) in [5.41, 5.74) is 1.25. The number of methoxy groups -OCH3 is 1. The first-order valence-electron chi connectivity index (χ1n) is 12.2. The van der Waals surface area contributed by atoms with Gasteiger partial charge < -0.3 is 44.4 Å². The van der Waals surface area contributed by atoms with Crippen molar-refractivity contribution in [3.05, 3.63) is 66.7 Å². The Morgan fingerprint density at radius 2 is 1.87 bits per heavy atom. The summed E-state index contributed by atoms with van der Waals surface area (Å²) in [4.78, 5) is 34.4. The number of aromatic amines is 1. The highest BCUT2D eigenvalue weighted by Gasteiger charge is 2.49. The van der Waals surface area contributed by atoms with Crippen molar-refractivity contribution in [2.75, 3.05) is 13.7 Å². The number of nitrogens with zero attached hydrogens (tertiary/aromatic N) is 1. The van der Waals surface area contributed by atoms with E-state index >= 15 is 0 Å². The third-order valence-corrected chi connectivity index (χ3v) is 7.12. The lowest BCUT2D eigenvalue weighted by molar-refractivity contribution is -0.338. The van der Waals surface area contributed by atoms with Crippen molar-refractivity contribution in [3.63, 3.8) is 0 Å². The van der Waals surface area contributed by atoms with Gasteiger partial charge in [0.1, 0.15) is 30.1 Å². The van der Waals surface area contributed by atoms with E-state index in [0.29, 0.717) is 5.52 Å². The van der Waals surface area contributed by atoms with Crippen LogP contribution in [0.3, 0.4) is 0 Å². The highest BCUT2D eigenvalue weighted by atomic mass is 16.8. The number of aliphatic hydroxyl groups is 4. The van der Waals surface area contributed by atoms with Crippen LogP contribution in [0.25, 0.3) is 21.8 Å². The lowest BCUT2D eigenvalue weighted by Crippen LogP contribution is -2.60. The van der Waals surface area contributed by atoms with Crippen molar-refractivity contribution in [2.45, 2.75) is 37.0 Å². The molecule has 3 aromatic rings. The van der Waals surface area contributed by atoms with Gasteiger partial charge in [-0.1, -0.05) is 24.3 Å². The average molecular weight is 541 g/mol. The minimum absolute atomic E-state index is 0.0730. The molecule has 2 aliphatic rings. The molecule has 1 saturated heterocycles. The average Bonchev–Trinajstić information content (AvgIpc) is 3.35. The zero-order chi connectivity index (χ0) is 27.8. The van der Waals surface area contributed by atoms with Gasteiger partial charge in [-0.2, -0.15) is 0 Å². The van der Waals surface area contributed by atoms with Crippen molar-refractivity contribution in [2.24, 2.45) is 11.8 Å². The predicted octanol–water partition coefficient (Wildman–Crippen LogP) is 0.547. The largest absolute Gasteiger partial charge is 0.471 e. The molecule has 0 amide bonds. The van der Waals surface area contributed by atoms with Crippen LogP contribution in [-0.4, -0.2) is 92.9 Å². The molecule has 5 rings (SSSR count). The maximum absolute atomic E-state index is 14.1. The van der Waals surface area contributed by atoms with Crippen molar-refractivity contribution in [3.8, 4) is 0 Å². The number of rotatable bonds is 7. The second-order valence-corrected chi connectivity index (χ2v) is 9.31. The van der Waals surface area contributed by atoms with Gasteiger partial charge in [0.15, 0.2) is 12.1 Å². The van der Waals surface area contributed by atoms with Crippen LogP contribution in [0.15, 0.2) is 61.0 Å². The Kier molecular flexibility index (Phi) is 7.49. The van der Waals surface area contributed by atoms with Gasteiger partial charge >= 0.3 is 5.97 Å². The highest BCUT2D eigenvalue weighted by molar-refractivity contribution is 6.16. The Bertz CT molecular complexity index is 1430. The molecule has 2 aromatic heterocycles. The van der Waals surface area contributed by atoms with Crippen molar-refractivity contribution >= 4 is 33.6 Å². The van der Waals surface area contributed by atoms with E-state index in [0.717, 1.165) is 22.6 Å². The molecule has 0 radical (unpaired) electrons. The van der Waals surface area contributed by atoms with E-state index < -0.39 is 67.2 Å². The summed E-state index contributed by atoms with van der Waals surface area (Å²) in [5.74, 6) is -3.58. The number of carbonyl (C=O) groups is 2. The fourth-order valence-corrected chi connectivity index (χ4v) is 5.07. The van der Waals surface area contributed by atoms with E-state index in [9.17, 15) is 30.0 Å². The number of H-pyrrole nitrogens is 1. The van der Waals surface area contributed by atoms with E-state index in [2.05, 4.69) is 16.5 Å². The Morgan fingerprint density at radius 1 is 1.10 bits per heavy atom. The fraction of sp³-hybridized carbons (Fsp3) is 0.370. The molecular weight excluding hydrogens is 512 g/mol. The third-order valence-electron chi connectivity index (χ3n) is 7.12. The summed E-state index contributed by atoms with van der Waals surface area (Å²) in [7, 11) is 1.17. The van der Waals surface area contributed by atoms with Crippen LogP contribution in [-0.2, 0) is 23.7 Å². The van der Waals surface area contributed by atoms with Crippen LogP contribution < -0.4 is 0 Å². The Labute approximate surface area is 222 Å². The number of para-hydroxylation sites is 1. The lowest BCUT2D eigenvalue weighted by Gasteiger charge is -2.42. The molecule has 1 aromatic carbocycles. The predicted molar refractivity (Wildman–Crippen MR) is 135 cm³/mol. The number of fused-ring (bicyclic) bond motifs is 3. The van der Waals surface area contributed by atoms with Gasteiger partial charge in [0.25, 0.3) is 0 Å². The Hall–Kier alpha value is -3.65. The minimum Gasteiger partial charge on any atom is -0.471 e. The summed E-state index contributed by atoms with van der Waals surface area (Å²) < 4.78 is 21.7. The lowest BCUT2D eigenvalue weighted by atomic mass is 9.79. The molecule has 0 aliphatic carbocycles. The molecule has 206 valence electrons. The Balaban J connectivity index is 1.53. The number of aromatic nitrogens is 2. The molecular formula is C27H28N2O10. The molecule has 5 N–H and O–H groups in total. The molecule has 8 atom stereocenters. The molecule has 39 heavy (non-hydrogen) atoms. The van der Waals surface area contributed by atoms with Gasteiger partial charge in [0.05, 0.1) is 42.9 Å². The topological polar surface area (TPSA) is 181 Å². The van der Waals surface area contributed by atoms with Crippen LogP contribution >= 0.6 is 0 Å². The van der Waals surface area contributed by atoms with Crippen molar-refractivity contribution in [1.29, 1.82) is 0 Å². The number of hydrogen-bond acceptors (Lipinski definition) is 11. The number of benzene rings is 1. The summed E-state index contributed by atoms with van der Waals surface area (Å²) in [5, 5.41) is 41.8. The van der Waals surface area contributed by atoms with Gasteiger partial charge in [-0.25, -0.2) is 4.79 Å². The molecule has 2 aliphatic heterocycles. The molecule has 0 unspecified atom stereocenters. The maximum atomic E-state index is 14.1. The van der Waals surface area contributed by atoms with Crippen molar-refractivity contribution < 1.29 is 49.0 Å². The minimum atomic E-state index is -1.71. The van der Waals surface area contributed by atoms with E-state index in [4.69, 9.17) is 18.9 Å². The van der Waals surface area contributed by atoms with E-state index in [1.165, 1.54) is 19.4 Å². The number of ketones is 1. The number of nitrogens with one attached hydrogen (secondary N) is 1. The zero-order valence-electron chi connectivity index (χ0n) is 20.8. The first-order chi connectivity index (χ1) is 18.8. The zero-order valence-corrected chi connectivity index (χ0v) is 20.8. The van der Waals surface area contributed by atoms with E-state index in [1.54, 1.807) is 6.07 Å². The van der Waals surface area contributed by atoms with Crippen LogP contribution in [0.1, 0.15) is 10.5 Å². The summed E-state index contributed by atoms with van der Waals surface area (Å²) in [6, 6.07) is 9.30. The standard InChI is InChI=1S/C27H28N2O10/c1-3-12-18(22(32)20-19-14(8-9-28-20)13-6-4-5-7-16(13)29-19)15(25(35)36-2)11-37-26(12)39-27-24(34)23(33)21(31)17(10-30)38-27/h3-9,11-12,17-18,21,23-24,26-27,29-31,33-34H,1,10H2,2H3/t12-,17-,18+,21-,23+,24-,26+,27+/m1/s1. The summed E-state index contributed by atoms with van der Waals surface area (Å²) in [6.45, 7) is 3.14. The van der Waals surface area contributed by atoms with Gasteiger partial charge in [-0.05, 0) is 12.1 Å². The van der Waals surface area contributed by atoms with E-state index in [1.807, 2.05) is 24.3 Å². The number of Topliss-reactive ketones (excluding diaryl/α,β-unsaturated/α-hetero) is 1. The van der Waals surface area contributed by atoms with Gasteiger partial charge in [-0.15, -0.1) is 6.58 Å². The van der Waals surface area contributed by atoms with Gasteiger partial charge in [0.2, 0.25) is 6.29 Å². The first kappa shape index (κ1) is 26.9. The molecule has 0 spiro atoms. The number of ether oxygens (including phenoxy) is 4. The van der Waals surface area contributed by atoms with Crippen LogP contribution in [0.2, 0.25) is 0 Å². The summed E-state index contributed by atoms with van der Waals surface area (Å²) >= 11 is 0. The number of carbonyl (C=O) groups excluding carboxylic acids is 2. The van der Waals surface area contributed by atoms with Gasteiger partial charge in [-0.3, -0.25) is 9.78 Å². The number of hydrogen-bond donors (Lipinski definition) is 5. The normalized spacial score (nSPS) is 30.9. The molecule has 4 heterocycles.